The maximum atomic E-state index is 12.8. The first kappa shape index (κ1) is 21.9. The van der Waals surface area contributed by atoms with Gasteiger partial charge in [0.05, 0.1) is 13.2 Å². The van der Waals surface area contributed by atoms with Crippen molar-refractivity contribution in [3.63, 3.8) is 0 Å². The van der Waals surface area contributed by atoms with Gasteiger partial charge in [0.25, 0.3) is 5.91 Å². The molecule has 152 valence electrons. The van der Waals surface area contributed by atoms with Crippen LogP contribution < -0.4 is 14.8 Å². The maximum Gasteiger partial charge on any atom is 0.251 e. The van der Waals surface area contributed by atoms with Crippen LogP contribution in [0.1, 0.15) is 55.2 Å². The number of carbonyl (C=O) groups is 1. The second-order valence-electron chi connectivity index (χ2n) is 7.77. The van der Waals surface area contributed by atoms with Gasteiger partial charge in [0.1, 0.15) is 10.6 Å². The molecular formula is C21H28N2O4S. The predicted octanol–water partition coefficient (Wildman–Crippen LogP) is 3.57. The molecule has 2 aromatic rings. The van der Waals surface area contributed by atoms with Crippen LogP contribution in [0, 0.1) is 6.92 Å². The number of aryl methyl sites for hydroxylation is 1. The van der Waals surface area contributed by atoms with Crippen molar-refractivity contribution in [2.24, 2.45) is 0 Å². The van der Waals surface area contributed by atoms with E-state index in [1.165, 1.54) is 19.2 Å². The maximum absolute atomic E-state index is 12.8. The van der Waals surface area contributed by atoms with E-state index in [9.17, 15) is 13.2 Å². The minimum atomic E-state index is -3.86. The zero-order valence-electron chi connectivity index (χ0n) is 17.2. The van der Waals surface area contributed by atoms with Crippen LogP contribution in [0.2, 0.25) is 0 Å². The predicted molar refractivity (Wildman–Crippen MR) is 110 cm³/mol. The van der Waals surface area contributed by atoms with Crippen molar-refractivity contribution in [3.05, 3.63) is 59.2 Å². The molecular weight excluding hydrogens is 376 g/mol. The minimum absolute atomic E-state index is 0.0684. The molecule has 0 saturated heterocycles. The summed E-state index contributed by atoms with van der Waals surface area (Å²) in [6, 6.07) is 12.0. The summed E-state index contributed by atoms with van der Waals surface area (Å²) in [5, 5.41) is 2.92. The van der Waals surface area contributed by atoms with E-state index in [1.54, 1.807) is 26.8 Å². The Morgan fingerprint density at radius 3 is 2.32 bits per heavy atom. The van der Waals surface area contributed by atoms with Crippen LogP contribution in [-0.2, 0) is 10.0 Å². The van der Waals surface area contributed by atoms with Crippen LogP contribution in [0.3, 0.4) is 0 Å². The van der Waals surface area contributed by atoms with E-state index in [0.29, 0.717) is 0 Å². The molecule has 1 amide bonds. The zero-order chi connectivity index (χ0) is 21.1. The van der Waals surface area contributed by atoms with Gasteiger partial charge in [-0.05, 0) is 63.9 Å². The van der Waals surface area contributed by atoms with Crippen LogP contribution in [0.25, 0.3) is 0 Å². The molecule has 2 aromatic carbocycles. The summed E-state index contributed by atoms with van der Waals surface area (Å²) in [4.78, 5) is 12.7. The Balaban J connectivity index is 2.34. The number of carbonyl (C=O) groups excluding carboxylic acids is 1. The monoisotopic (exact) mass is 404 g/mol. The van der Waals surface area contributed by atoms with E-state index >= 15 is 0 Å². The average Bonchev–Trinajstić information content (AvgIpc) is 2.59. The van der Waals surface area contributed by atoms with Crippen LogP contribution in [0.5, 0.6) is 5.75 Å². The highest BCUT2D eigenvalue weighted by Gasteiger charge is 2.26. The fourth-order valence-corrected chi connectivity index (χ4v) is 4.53. The molecule has 2 rings (SSSR count). The number of hydrogen-bond donors (Lipinski definition) is 2. The first-order valence-corrected chi connectivity index (χ1v) is 10.5. The molecule has 1 atom stereocenters. The van der Waals surface area contributed by atoms with E-state index < -0.39 is 15.6 Å². The van der Waals surface area contributed by atoms with Crippen LogP contribution in [-0.4, -0.2) is 27.0 Å². The van der Waals surface area contributed by atoms with Crippen molar-refractivity contribution in [1.82, 2.24) is 10.0 Å². The third kappa shape index (κ3) is 5.33. The smallest absolute Gasteiger partial charge is 0.251 e. The molecule has 0 bridgehead atoms. The number of sulfonamides is 1. The summed E-state index contributed by atoms with van der Waals surface area (Å²) in [5.74, 6) is -0.175. The molecule has 0 heterocycles. The second kappa shape index (κ2) is 8.32. The number of ether oxygens (including phenoxy) is 1. The molecule has 6 nitrogen and oxygen atoms in total. The molecule has 2 N–H and O–H groups in total. The van der Waals surface area contributed by atoms with Crippen LogP contribution in [0.4, 0.5) is 0 Å². The minimum Gasteiger partial charge on any atom is -0.495 e. The Kier molecular flexibility index (Phi) is 6.52. The molecule has 0 spiro atoms. The Morgan fingerprint density at radius 2 is 1.75 bits per heavy atom. The Bertz CT molecular complexity index is 963. The molecule has 0 aliphatic heterocycles. The lowest BCUT2D eigenvalue weighted by atomic mass is 10.0. The van der Waals surface area contributed by atoms with Crippen molar-refractivity contribution in [3.8, 4) is 5.75 Å². The van der Waals surface area contributed by atoms with Crippen molar-refractivity contribution < 1.29 is 17.9 Å². The van der Waals surface area contributed by atoms with E-state index in [2.05, 4.69) is 10.0 Å². The fourth-order valence-electron chi connectivity index (χ4n) is 2.92. The van der Waals surface area contributed by atoms with Crippen LogP contribution >= 0.6 is 0 Å². The fraction of sp³-hybridized carbons (Fsp3) is 0.381. The van der Waals surface area contributed by atoms with Crippen molar-refractivity contribution in [2.45, 2.75) is 51.1 Å². The molecule has 0 aliphatic carbocycles. The third-order valence-corrected chi connectivity index (χ3v) is 5.94. The Hall–Kier alpha value is -2.38. The van der Waals surface area contributed by atoms with Gasteiger partial charge in [-0.25, -0.2) is 13.1 Å². The van der Waals surface area contributed by atoms with E-state index in [0.717, 1.165) is 11.1 Å². The number of methoxy groups -OCH3 is 1. The molecule has 1 unspecified atom stereocenters. The zero-order valence-corrected chi connectivity index (χ0v) is 18.0. The Labute approximate surface area is 167 Å². The highest BCUT2D eigenvalue weighted by molar-refractivity contribution is 7.89. The molecule has 0 aromatic heterocycles. The van der Waals surface area contributed by atoms with Crippen LogP contribution in [0.15, 0.2) is 47.4 Å². The van der Waals surface area contributed by atoms with Gasteiger partial charge in [-0.15, -0.1) is 0 Å². The number of rotatable bonds is 6. The SMILES string of the molecule is COc1ccc(C(=O)NC(C)c2ccccc2C)cc1S(=O)(=O)NC(C)(C)C. The molecule has 28 heavy (non-hydrogen) atoms. The van der Waals surface area contributed by atoms with Gasteiger partial charge in [0.15, 0.2) is 0 Å². The highest BCUT2D eigenvalue weighted by atomic mass is 32.2. The van der Waals surface area contributed by atoms with Gasteiger partial charge in [0.2, 0.25) is 10.0 Å². The molecule has 7 heteroatoms. The van der Waals surface area contributed by atoms with E-state index in [4.69, 9.17) is 4.74 Å². The topological polar surface area (TPSA) is 84.5 Å². The van der Waals surface area contributed by atoms with E-state index in [-0.39, 0.29) is 28.2 Å². The molecule has 0 saturated carbocycles. The number of amides is 1. The lowest BCUT2D eigenvalue weighted by molar-refractivity contribution is 0.0939. The first-order valence-electron chi connectivity index (χ1n) is 9.03. The number of benzene rings is 2. The first-order chi connectivity index (χ1) is 12.9. The third-order valence-electron chi connectivity index (χ3n) is 4.16. The average molecular weight is 405 g/mol. The number of nitrogens with one attached hydrogen (secondary N) is 2. The van der Waals surface area contributed by atoms with Gasteiger partial charge in [-0.1, -0.05) is 24.3 Å². The second-order valence-corrected chi connectivity index (χ2v) is 9.42. The Morgan fingerprint density at radius 1 is 1.11 bits per heavy atom. The highest BCUT2D eigenvalue weighted by Crippen LogP contribution is 2.26. The normalized spacial score (nSPS) is 13.1. The molecule has 0 aliphatic rings. The quantitative estimate of drug-likeness (QED) is 0.771. The van der Waals surface area contributed by atoms with Gasteiger partial charge in [0, 0.05) is 11.1 Å². The molecule has 0 fully saturated rings. The summed E-state index contributed by atoms with van der Waals surface area (Å²) in [5.41, 5.74) is 1.66. The van der Waals surface area contributed by atoms with Gasteiger partial charge in [-0.3, -0.25) is 4.79 Å². The molecule has 0 radical (unpaired) electrons. The number of hydrogen-bond acceptors (Lipinski definition) is 4. The summed E-state index contributed by atoms with van der Waals surface area (Å²) in [7, 11) is -2.46. The summed E-state index contributed by atoms with van der Waals surface area (Å²) in [6.45, 7) is 9.11. The van der Waals surface area contributed by atoms with Gasteiger partial charge in [-0.2, -0.15) is 0 Å². The van der Waals surface area contributed by atoms with Gasteiger partial charge < -0.3 is 10.1 Å². The summed E-state index contributed by atoms with van der Waals surface area (Å²) < 4.78 is 33.3. The summed E-state index contributed by atoms with van der Waals surface area (Å²) in [6.07, 6.45) is 0. The lowest BCUT2D eigenvalue weighted by Crippen LogP contribution is -2.40. The van der Waals surface area contributed by atoms with Crippen molar-refractivity contribution in [2.75, 3.05) is 7.11 Å². The van der Waals surface area contributed by atoms with Crippen molar-refractivity contribution >= 4 is 15.9 Å². The largest absolute Gasteiger partial charge is 0.495 e. The standard InChI is InChI=1S/C21H28N2O4S/c1-14-9-7-8-10-17(14)15(2)22-20(24)16-11-12-18(27-6)19(13-16)28(25,26)23-21(3,4)5/h7-13,15,23H,1-6H3,(H,22,24). The summed E-state index contributed by atoms with van der Waals surface area (Å²) >= 11 is 0. The lowest BCUT2D eigenvalue weighted by Gasteiger charge is -2.22. The van der Waals surface area contributed by atoms with Gasteiger partial charge >= 0.3 is 0 Å². The van der Waals surface area contributed by atoms with E-state index in [1.807, 2.05) is 38.1 Å². The van der Waals surface area contributed by atoms with Crippen molar-refractivity contribution in [1.29, 1.82) is 0 Å².